The van der Waals surface area contributed by atoms with Crippen molar-refractivity contribution in [1.82, 2.24) is 0 Å². The fourth-order valence-corrected chi connectivity index (χ4v) is 4.83. The van der Waals surface area contributed by atoms with Crippen molar-refractivity contribution in [2.75, 3.05) is 11.9 Å². The van der Waals surface area contributed by atoms with Crippen LogP contribution in [0.5, 0.6) is 5.75 Å². The number of ether oxygens (including phenoxy) is 1. The average molecular weight is 484 g/mol. The van der Waals surface area contributed by atoms with Crippen molar-refractivity contribution in [1.29, 1.82) is 0 Å². The summed E-state index contributed by atoms with van der Waals surface area (Å²) < 4.78 is 6.44. The van der Waals surface area contributed by atoms with E-state index in [0.717, 1.165) is 29.8 Å². The molecule has 36 heavy (non-hydrogen) atoms. The van der Waals surface area contributed by atoms with E-state index in [1.54, 1.807) is 12.1 Å². The average Bonchev–Trinajstić information content (AvgIpc) is 2.83. The van der Waals surface area contributed by atoms with Crippen molar-refractivity contribution < 1.29 is 14.6 Å². The summed E-state index contributed by atoms with van der Waals surface area (Å²) in [5, 5.41) is 12.6. The summed E-state index contributed by atoms with van der Waals surface area (Å²) >= 11 is 0. The highest BCUT2D eigenvalue weighted by molar-refractivity contribution is 5.88. The molecular weight excluding hydrogens is 446 g/mol. The molecule has 4 rings (SSSR count). The van der Waals surface area contributed by atoms with E-state index < -0.39 is 5.97 Å². The second-order valence-electron chi connectivity index (χ2n) is 11.3. The lowest BCUT2D eigenvalue weighted by Gasteiger charge is -2.37. The topological polar surface area (TPSA) is 58.6 Å². The normalized spacial score (nSPS) is 14.5. The van der Waals surface area contributed by atoms with Crippen molar-refractivity contribution in [2.45, 2.75) is 59.5 Å². The first-order valence-corrected chi connectivity index (χ1v) is 12.7. The maximum atomic E-state index is 11.1. The van der Waals surface area contributed by atoms with Gasteiger partial charge in [0, 0.05) is 12.2 Å². The molecule has 4 heteroatoms. The van der Waals surface area contributed by atoms with Gasteiger partial charge in [0.25, 0.3) is 0 Å². The summed E-state index contributed by atoms with van der Waals surface area (Å²) in [7, 11) is 0. The van der Waals surface area contributed by atoms with Gasteiger partial charge in [0.1, 0.15) is 12.4 Å². The van der Waals surface area contributed by atoms with Gasteiger partial charge in [-0.05, 0) is 87.9 Å². The fourth-order valence-electron chi connectivity index (χ4n) is 4.83. The van der Waals surface area contributed by atoms with Gasteiger partial charge in [-0.2, -0.15) is 0 Å². The zero-order chi connectivity index (χ0) is 25.9. The smallest absolute Gasteiger partial charge is 0.335 e. The highest BCUT2D eigenvalue weighted by Gasteiger charge is 2.33. The third-order valence-corrected chi connectivity index (χ3v) is 6.94. The number of hydrogen-bond acceptors (Lipinski definition) is 3. The first-order valence-electron chi connectivity index (χ1n) is 12.7. The summed E-state index contributed by atoms with van der Waals surface area (Å²) in [5.41, 5.74) is 7.67. The molecule has 0 aliphatic heterocycles. The van der Waals surface area contributed by atoms with E-state index in [9.17, 15) is 4.79 Å². The Morgan fingerprint density at radius 2 is 1.72 bits per heavy atom. The number of rotatable bonds is 8. The minimum Gasteiger partial charge on any atom is -0.489 e. The molecule has 0 bridgehead atoms. The van der Waals surface area contributed by atoms with Gasteiger partial charge in [-0.1, -0.05) is 71.0 Å². The molecule has 0 saturated heterocycles. The number of anilines is 1. The second kappa shape index (κ2) is 10.2. The minimum atomic E-state index is -0.915. The first kappa shape index (κ1) is 25.6. The number of benzene rings is 3. The fraction of sp³-hybridized carbons (Fsp3) is 0.344. The summed E-state index contributed by atoms with van der Waals surface area (Å²) in [5.74, 6) is 0.0188. The lowest BCUT2D eigenvalue weighted by atomic mass is 9.68. The molecule has 0 atom stereocenters. The lowest BCUT2D eigenvalue weighted by molar-refractivity contribution is 0.0697. The van der Waals surface area contributed by atoms with Crippen LogP contribution in [0.15, 0.2) is 72.8 Å². The standard InChI is InChI=1S/C32H37NO3/c1-31(2,3)27-15-17-32(4,5)28-20-29(36-21-22-9-7-6-8-10-22)24(19-26(27)28)16-18-33-25-13-11-23(12-14-25)30(34)35/h6-15,19-20,33H,16-18,21H2,1-5H3,(H,34,35). The number of aromatic carboxylic acids is 1. The van der Waals surface area contributed by atoms with E-state index in [4.69, 9.17) is 9.84 Å². The van der Waals surface area contributed by atoms with Crippen molar-refractivity contribution in [3.8, 4) is 5.75 Å². The number of nitrogens with one attached hydrogen (secondary N) is 1. The molecule has 0 spiro atoms. The molecule has 3 aromatic carbocycles. The minimum absolute atomic E-state index is 0.0393. The highest BCUT2D eigenvalue weighted by atomic mass is 16.5. The van der Waals surface area contributed by atoms with E-state index in [2.05, 4.69) is 70.3 Å². The van der Waals surface area contributed by atoms with E-state index >= 15 is 0 Å². The Bertz CT molecular complexity index is 1250. The zero-order valence-corrected chi connectivity index (χ0v) is 22.0. The molecule has 1 aliphatic carbocycles. The SMILES string of the molecule is CC(C)(C)C1=CCC(C)(C)c2cc(OCc3ccccc3)c(CCNc3ccc(C(=O)O)cc3)cc21. The van der Waals surface area contributed by atoms with Gasteiger partial charge in [-0.15, -0.1) is 0 Å². The monoisotopic (exact) mass is 483 g/mol. The molecule has 0 fully saturated rings. The van der Waals surface area contributed by atoms with Crippen LogP contribution in [0, 0.1) is 5.41 Å². The third kappa shape index (κ3) is 5.81. The van der Waals surface area contributed by atoms with Gasteiger partial charge in [-0.25, -0.2) is 4.79 Å². The number of carbonyl (C=O) groups is 1. The van der Waals surface area contributed by atoms with Crippen LogP contribution in [0.3, 0.4) is 0 Å². The molecule has 0 saturated carbocycles. The Balaban J connectivity index is 1.63. The largest absolute Gasteiger partial charge is 0.489 e. The number of carboxylic acids is 1. The molecule has 0 radical (unpaired) electrons. The molecule has 188 valence electrons. The van der Waals surface area contributed by atoms with Crippen LogP contribution in [-0.2, 0) is 18.4 Å². The Morgan fingerprint density at radius 3 is 2.36 bits per heavy atom. The lowest BCUT2D eigenvalue weighted by Crippen LogP contribution is -2.25. The Kier molecular flexibility index (Phi) is 7.26. The zero-order valence-electron chi connectivity index (χ0n) is 22.0. The van der Waals surface area contributed by atoms with E-state index in [-0.39, 0.29) is 16.4 Å². The highest BCUT2D eigenvalue weighted by Crippen LogP contribution is 2.47. The summed E-state index contributed by atoms with van der Waals surface area (Å²) in [6, 6.07) is 21.8. The molecule has 2 N–H and O–H groups in total. The third-order valence-electron chi connectivity index (χ3n) is 6.94. The van der Waals surface area contributed by atoms with Crippen LogP contribution >= 0.6 is 0 Å². The maximum Gasteiger partial charge on any atom is 0.335 e. The molecule has 0 heterocycles. The Hall–Kier alpha value is -3.53. The van der Waals surface area contributed by atoms with Gasteiger partial charge >= 0.3 is 5.97 Å². The van der Waals surface area contributed by atoms with Crippen LogP contribution in [0.25, 0.3) is 5.57 Å². The van der Waals surface area contributed by atoms with E-state index in [0.29, 0.717) is 13.2 Å². The van der Waals surface area contributed by atoms with Crippen molar-refractivity contribution in [3.63, 3.8) is 0 Å². The summed E-state index contributed by atoms with van der Waals surface area (Å²) in [6.45, 7) is 12.7. The molecule has 0 aromatic heterocycles. The maximum absolute atomic E-state index is 11.1. The van der Waals surface area contributed by atoms with Crippen LogP contribution in [-0.4, -0.2) is 17.6 Å². The Morgan fingerprint density at radius 1 is 1.03 bits per heavy atom. The summed E-state index contributed by atoms with van der Waals surface area (Å²) in [6.07, 6.45) is 4.22. The van der Waals surface area contributed by atoms with Crippen LogP contribution in [0.1, 0.15) is 73.7 Å². The van der Waals surface area contributed by atoms with Gasteiger partial charge in [0.05, 0.1) is 5.56 Å². The molecule has 1 aliphatic rings. The van der Waals surface area contributed by atoms with Crippen LogP contribution < -0.4 is 10.1 Å². The van der Waals surface area contributed by atoms with Crippen LogP contribution in [0.2, 0.25) is 0 Å². The van der Waals surface area contributed by atoms with Gasteiger partial charge in [0.2, 0.25) is 0 Å². The van der Waals surface area contributed by atoms with Crippen molar-refractivity contribution in [3.05, 3.63) is 101 Å². The number of fused-ring (bicyclic) bond motifs is 1. The predicted octanol–water partition coefficient (Wildman–Crippen LogP) is 7.73. The van der Waals surface area contributed by atoms with E-state index in [1.165, 1.54) is 22.3 Å². The molecule has 0 unspecified atom stereocenters. The van der Waals surface area contributed by atoms with Gasteiger partial charge in [0.15, 0.2) is 0 Å². The quantitative estimate of drug-likeness (QED) is 0.344. The number of carboxylic acid groups (broad SMARTS) is 1. The van der Waals surface area contributed by atoms with E-state index in [1.807, 2.05) is 30.3 Å². The second-order valence-corrected chi connectivity index (χ2v) is 11.3. The summed E-state index contributed by atoms with van der Waals surface area (Å²) in [4.78, 5) is 11.1. The predicted molar refractivity (Wildman–Crippen MR) is 148 cm³/mol. The first-order chi connectivity index (χ1) is 17.0. The van der Waals surface area contributed by atoms with Crippen LogP contribution in [0.4, 0.5) is 5.69 Å². The van der Waals surface area contributed by atoms with Crippen molar-refractivity contribution in [2.24, 2.45) is 5.41 Å². The Labute approximate surface area is 215 Å². The number of hydrogen-bond donors (Lipinski definition) is 2. The molecular formula is C32H37NO3. The number of allylic oxidation sites excluding steroid dienone is 2. The molecule has 4 nitrogen and oxygen atoms in total. The molecule has 3 aromatic rings. The molecule has 0 amide bonds. The van der Waals surface area contributed by atoms with Gasteiger partial charge < -0.3 is 15.2 Å². The van der Waals surface area contributed by atoms with Crippen molar-refractivity contribution >= 4 is 17.2 Å². The van der Waals surface area contributed by atoms with Gasteiger partial charge in [-0.3, -0.25) is 0 Å².